The van der Waals surface area contributed by atoms with Gasteiger partial charge >= 0.3 is 11.9 Å². The largest absolute Gasteiger partial charge is 0.481 e. The SMILES string of the molecule is O=C(O)CCC1C=CC2CCCC(C(=O)O)N2C1=O. The Labute approximate surface area is 110 Å². The molecule has 0 aromatic carbocycles. The first-order chi connectivity index (χ1) is 9.00. The summed E-state index contributed by atoms with van der Waals surface area (Å²) in [5.41, 5.74) is 0. The van der Waals surface area contributed by atoms with E-state index in [9.17, 15) is 19.5 Å². The molecule has 2 aliphatic heterocycles. The Balaban J connectivity index is 2.14. The molecule has 0 saturated carbocycles. The Morgan fingerprint density at radius 3 is 2.63 bits per heavy atom. The van der Waals surface area contributed by atoms with Crippen LogP contribution in [0.15, 0.2) is 12.2 Å². The number of carboxylic acids is 2. The summed E-state index contributed by atoms with van der Waals surface area (Å²) in [5.74, 6) is -2.68. The number of carbonyl (C=O) groups is 3. The minimum Gasteiger partial charge on any atom is -0.481 e. The predicted octanol–water partition coefficient (Wildman–Crippen LogP) is 0.872. The Hall–Kier alpha value is -1.85. The summed E-state index contributed by atoms with van der Waals surface area (Å²) in [6, 6.07) is -0.924. The number of hydrogen-bond donors (Lipinski definition) is 2. The van der Waals surface area contributed by atoms with Crippen LogP contribution in [0.2, 0.25) is 0 Å². The number of carbonyl (C=O) groups excluding carboxylic acids is 1. The zero-order valence-electron chi connectivity index (χ0n) is 10.5. The minimum absolute atomic E-state index is 0.0863. The van der Waals surface area contributed by atoms with E-state index in [1.54, 1.807) is 6.08 Å². The average molecular weight is 267 g/mol. The van der Waals surface area contributed by atoms with Crippen molar-refractivity contribution in [3.63, 3.8) is 0 Å². The van der Waals surface area contributed by atoms with E-state index in [1.807, 2.05) is 6.08 Å². The minimum atomic E-state index is -0.981. The van der Waals surface area contributed by atoms with Crippen molar-refractivity contribution in [2.45, 2.75) is 44.2 Å². The molecule has 104 valence electrons. The molecular weight excluding hydrogens is 250 g/mol. The van der Waals surface area contributed by atoms with E-state index in [0.717, 1.165) is 12.8 Å². The lowest BCUT2D eigenvalue weighted by molar-refractivity contribution is -0.156. The van der Waals surface area contributed by atoms with Gasteiger partial charge in [0.1, 0.15) is 6.04 Å². The molecule has 0 spiro atoms. The fraction of sp³-hybridized carbons (Fsp3) is 0.615. The van der Waals surface area contributed by atoms with Crippen molar-refractivity contribution >= 4 is 17.8 Å². The van der Waals surface area contributed by atoms with Crippen molar-refractivity contribution in [3.05, 3.63) is 12.2 Å². The zero-order valence-corrected chi connectivity index (χ0v) is 10.5. The maximum Gasteiger partial charge on any atom is 0.326 e. The van der Waals surface area contributed by atoms with E-state index in [-0.39, 0.29) is 24.8 Å². The van der Waals surface area contributed by atoms with Gasteiger partial charge in [0.2, 0.25) is 5.91 Å². The maximum atomic E-state index is 12.3. The number of amides is 1. The number of piperidine rings is 1. The normalized spacial score (nSPS) is 30.0. The van der Waals surface area contributed by atoms with Gasteiger partial charge in [-0.25, -0.2) is 4.79 Å². The molecule has 3 atom stereocenters. The molecule has 0 bridgehead atoms. The molecule has 0 aromatic heterocycles. The van der Waals surface area contributed by atoms with Crippen LogP contribution < -0.4 is 0 Å². The standard InChI is InChI=1S/C13H17NO5/c15-11(16)7-5-8-4-6-9-2-1-3-10(13(18)19)14(9)12(8)17/h4,6,8-10H,1-3,5,7H2,(H,15,16)(H,18,19). The third-order valence-electron chi connectivity index (χ3n) is 3.76. The summed E-state index contributed by atoms with van der Waals surface area (Å²) < 4.78 is 0. The van der Waals surface area contributed by atoms with Gasteiger partial charge in [0.25, 0.3) is 0 Å². The molecule has 2 rings (SSSR count). The maximum absolute atomic E-state index is 12.3. The fourth-order valence-electron chi connectivity index (χ4n) is 2.81. The summed E-state index contributed by atoms with van der Waals surface area (Å²) in [6.45, 7) is 0. The van der Waals surface area contributed by atoms with Crippen LogP contribution >= 0.6 is 0 Å². The summed E-state index contributed by atoms with van der Waals surface area (Å²) in [4.78, 5) is 35.5. The molecule has 2 N–H and O–H groups in total. The molecule has 1 saturated heterocycles. The first-order valence-electron chi connectivity index (χ1n) is 6.46. The predicted molar refractivity (Wildman–Crippen MR) is 65.4 cm³/mol. The van der Waals surface area contributed by atoms with Crippen molar-refractivity contribution in [1.29, 1.82) is 0 Å². The van der Waals surface area contributed by atoms with Crippen LogP contribution in [0.1, 0.15) is 32.1 Å². The second kappa shape index (κ2) is 5.42. The van der Waals surface area contributed by atoms with Crippen LogP contribution in [-0.4, -0.2) is 45.0 Å². The average Bonchev–Trinajstić information content (AvgIpc) is 2.37. The van der Waals surface area contributed by atoms with Gasteiger partial charge in [-0.05, 0) is 25.7 Å². The number of hydrogen-bond acceptors (Lipinski definition) is 3. The second-order valence-electron chi connectivity index (χ2n) is 5.02. The van der Waals surface area contributed by atoms with Crippen LogP contribution in [0.4, 0.5) is 0 Å². The van der Waals surface area contributed by atoms with E-state index >= 15 is 0 Å². The Morgan fingerprint density at radius 1 is 1.26 bits per heavy atom. The molecule has 0 aliphatic carbocycles. The van der Waals surface area contributed by atoms with E-state index in [2.05, 4.69) is 0 Å². The monoisotopic (exact) mass is 267 g/mol. The van der Waals surface area contributed by atoms with Crippen molar-refractivity contribution in [3.8, 4) is 0 Å². The summed E-state index contributed by atoms with van der Waals surface area (Å²) in [5, 5.41) is 17.8. The van der Waals surface area contributed by atoms with Crippen molar-refractivity contribution in [2.24, 2.45) is 5.92 Å². The van der Waals surface area contributed by atoms with Crippen molar-refractivity contribution < 1.29 is 24.6 Å². The molecule has 6 nitrogen and oxygen atoms in total. The van der Waals surface area contributed by atoms with E-state index in [0.29, 0.717) is 6.42 Å². The Morgan fingerprint density at radius 2 is 2.00 bits per heavy atom. The van der Waals surface area contributed by atoms with Crippen molar-refractivity contribution in [1.82, 2.24) is 4.90 Å². The Kier molecular flexibility index (Phi) is 3.87. The first-order valence-corrected chi connectivity index (χ1v) is 6.46. The molecule has 1 fully saturated rings. The summed E-state index contributed by atoms with van der Waals surface area (Å²) >= 11 is 0. The molecule has 6 heteroatoms. The van der Waals surface area contributed by atoms with Gasteiger partial charge < -0.3 is 15.1 Å². The van der Waals surface area contributed by atoms with Crippen LogP contribution in [0.5, 0.6) is 0 Å². The highest BCUT2D eigenvalue weighted by Crippen LogP contribution is 2.31. The molecule has 19 heavy (non-hydrogen) atoms. The summed E-state index contributed by atoms with van der Waals surface area (Å²) in [6.07, 6.45) is 5.75. The van der Waals surface area contributed by atoms with Gasteiger partial charge in [-0.2, -0.15) is 0 Å². The summed E-state index contributed by atoms with van der Waals surface area (Å²) in [7, 11) is 0. The molecule has 0 aromatic rings. The second-order valence-corrected chi connectivity index (χ2v) is 5.02. The number of aliphatic carboxylic acids is 2. The number of carboxylic acid groups (broad SMARTS) is 2. The quantitative estimate of drug-likeness (QED) is 0.737. The van der Waals surface area contributed by atoms with Gasteiger partial charge in [-0.15, -0.1) is 0 Å². The van der Waals surface area contributed by atoms with Crippen molar-refractivity contribution in [2.75, 3.05) is 0 Å². The number of rotatable bonds is 4. The molecule has 0 radical (unpaired) electrons. The fourth-order valence-corrected chi connectivity index (χ4v) is 2.81. The number of nitrogens with zero attached hydrogens (tertiary/aromatic N) is 1. The highest BCUT2D eigenvalue weighted by molar-refractivity contribution is 5.88. The smallest absolute Gasteiger partial charge is 0.326 e. The molecule has 2 heterocycles. The van der Waals surface area contributed by atoms with Gasteiger partial charge in [0, 0.05) is 6.42 Å². The van der Waals surface area contributed by atoms with Gasteiger partial charge in [0.15, 0.2) is 0 Å². The van der Waals surface area contributed by atoms with Crippen LogP contribution in [0.3, 0.4) is 0 Å². The highest BCUT2D eigenvalue weighted by Gasteiger charge is 2.41. The highest BCUT2D eigenvalue weighted by atomic mass is 16.4. The lowest BCUT2D eigenvalue weighted by Crippen LogP contribution is -2.56. The van der Waals surface area contributed by atoms with Crippen LogP contribution in [0.25, 0.3) is 0 Å². The number of fused-ring (bicyclic) bond motifs is 1. The molecular formula is C13H17NO5. The van der Waals surface area contributed by atoms with E-state index in [4.69, 9.17) is 5.11 Å². The zero-order chi connectivity index (χ0) is 14.0. The van der Waals surface area contributed by atoms with Crippen LogP contribution in [-0.2, 0) is 14.4 Å². The van der Waals surface area contributed by atoms with E-state index < -0.39 is 23.9 Å². The Bertz CT molecular complexity index is 431. The lowest BCUT2D eigenvalue weighted by atomic mass is 9.87. The first kappa shape index (κ1) is 13.6. The molecule has 2 aliphatic rings. The third-order valence-corrected chi connectivity index (χ3v) is 3.76. The topological polar surface area (TPSA) is 94.9 Å². The molecule has 3 unspecified atom stereocenters. The third kappa shape index (κ3) is 2.77. The van der Waals surface area contributed by atoms with E-state index in [1.165, 1.54) is 4.90 Å². The molecule has 1 amide bonds. The van der Waals surface area contributed by atoms with Gasteiger partial charge in [0.05, 0.1) is 12.0 Å². The van der Waals surface area contributed by atoms with Gasteiger partial charge in [-0.3, -0.25) is 9.59 Å². The van der Waals surface area contributed by atoms with Crippen LogP contribution in [0, 0.1) is 5.92 Å². The lowest BCUT2D eigenvalue weighted by Gasteiger charge is -2.42. The van der Waals surface area contributed by atoms with Gasteiger partial charge in [-0.1, -0.05) is 12.2 Å².